The molecule has 3 nitrogen and oxygen atoms in total. The van der Waals surface area contributed by atoms with Crippen molar-refractivity contribution >= 4 is 33.2 Å². The lowest BCUT2D eigenvalue weighted by molar-refractivity contribution is 0.749. The van der Waals surface area contributed by atoms with Crippen molar-refractivity contribution in [2.45, 2.75) is 5.41 Å². The second-order valence-corrected chi connectivity index (χ2v) is 13.2. The van der Waals surface area contributed by atoms with E-state index in [1.165, 1.54) is 60.9 Å². The number of allylic oxidation sites excluding steroid dienone is 2. The topological polar surface area (TPSA) is 52.6 Å². The van der Waals surface area contributed by atoms with Crippen molar-refractivity contribution in [1.82, 2.24) is 4.57 Å². The largest absolute Gasteiger partial charge is 0.309 e. The van der Waals surface area contributed by atoms with Crippen LogP contribution < -0.4 is 0 Å². The van der Waals surface area contributed by atoms with Crippen LogP contribution in [0.15, 0.2) is 176 Å². The van der Waals surface area contributed by atoms with Gasteiger partial charge in [-0.05, 0) is 80.4 Å². The summed E-state index contributed by atoms with van der Waals surface area (Å²) in [5, 5.41) is 20.2. The van der Waals surface area contributed by atoms with Crippen molar-refractivity contribution in [2.75, 3.05) is 0 Å². The summed E-state index contributed by atoms with van der Waals surface area (Å²) >= 11 is 0. The molecular weight excluding hydrogens is 607 g/mol. The molecule has 0 fully saturated rings. The molecule has 0 radical (unpaired) electrons. The van der Waals surface area contributed by atoms with E-state index >= 15 is 0 Å². The zero-order valence-electron chi connectivity index (χ0n) is 27.2. The van der Waals surface area contributed by atoms with E-state index in [-0.39, 0.29) is 0 Å². The Balaban J connectivity index is 1.21. The van der Waals surface area contributed by atoms with Gasteiger partial charge in [0.1, 0.15) is 0 Å². The third-order valence-corrected chi connectivity index (χ3v) is 10.7. The fourth-order valence-electron chi connectivity index (χ4n) is 8.67. The summed E-state index contributed by atoms with van der Waals surface area (Å²) in [5.41, 5.74) is 15.3. The first-order valence-electron chi connectivity index (χ1n) is 17.0. The molecule has 0 saturated carbocycles. The second kappa shape index (κ2) is 10.7. The summed E-state index contributed by atoms with van der Waals surface area (Å²) in [4.78, 5) is 0. The van der Waals surface area contributed by atoms with Crippen LogP contribution in [0.25, 0.3) is 49.7 Å². The number of benzene rings is 7. The van der Waals surface area contributed by atoms with Crippen LogP contribution in [0.1, 0.15) is 33.4 Å². The molecule has 1 atom stereocenters. The summed E-state index contributed by atoms with van der Waals surface area (Å²) in [6.07, 6.45) is 3.47. The van der Waals surface area contributed by atoms with Gasteiger partial charge in [0.25, 0.3) is 0 Å². The van der Waals surface area contributed by atoms with Crippen molar-refractivity contribution < 1.29 is 0 Å². The van der Waals surface area contributed by atoms with E-state index in [1.807, 2.05) is 42.5 Å². The van der Waals surface area contributed by atoms with E-state index in [0.29, 0.717) is 11.4 Å². The van der Waals surface area contributed by atoms with Crippen LogP contribution in [0.3, 0.4) is 0 Å². The summed E-state index contributed by atoms with van der Waals surface area (Å²) in [7, 11) is 0. The Morgan fingerprint density at radius 1 is 0.480 bits per heavy atom. The van der Waals surface area contributed by atoms with E-state index in [0.717, 1.165) is 22.3 Å². The van der Waals surface area contributed by atoms with E-state index in [4.69, 9.17) is 10.8 Å². The highest BCUT2D eigenvalue weighted by Gasteiger charge is 2.50. The predicted octanol–water partition coefficient (Wildman–Crippen LogP) is 11.1. The molecule has 2 heterocycles. The Morgan fingerprint density at radius 3 is 2.00 bits per heavy atom. The first kappa shape index (κ1) is 28.4. The smallest absolute Gasteiger partial charge is 0.0754 e. The monoisotopic (exact) mass is 637 g/mol. The Morgan fingerprint density at radius 2 is 1.12 bits per heavy atom. The molecule has 0 saturated heterocycles. The minimum atomic E-state index is -0.532. The fourth-order valence-corrected chi connectivity index (χ4v) is 8.67. The van der Waals surface area contributed by atoms with Gasteiger partial charge in [0.05, 0.1) is 33.6 Å². The van der Waals surface area contributed by atoms with E-state index in [1.54, 1.807) is 12.2 Å². The maximum absolute atomic E-state index is 9.14. The molecule has 8 aromatic rings. The average molecular weight is 638 g/mol. The van der Waals surface area contributed by atoms with Crippen molar-refractivity contribution in [3.8, 4) is 27.9 Å². The highest BCUT2D eigenvalue weighted by Crippen LogP contribution is 2.61. The van der Waals surface area contributed by atoms with Gasteiger partial charge in [-0.2, -0.15) is 0 Å². The van der Waals surface area contributed by atoms with Gasteiger partial charge in [0.2, 0.25) is 0 Å². The van der Waals surface area contributed by atoms with Gasteiger partial charge in [-0.1, -0.05) is 146 Å². The summed E-state index contributed by atoms with van der Waals surface area (Å²) in [6, 6.07) is 58.1. The lowest BCUT2D eigenvalue weighted by Gasteiger charge is -2.39. The SMILES string of the molecule is N=C(/C=C\C(=N)c1ccccc1-c1ccc2c(c1)C1(c3ccccc3-2)c2ccccc2-n2c3ccccc3c3cccc1c32)c1ccccc1. The zero-order valence-corrected chi connectivity index (χ0v) is 27.2. The minimum absolute atomic E-state index is 0.372. The van der Waals surface area contributed by atoms with Crippen LogP contribution in [-0.4, -0.2) is 16.0 Å². The highest BCUT2D eigenvalue weighted by atomic mass is 15.0. The number of hydrogen-bond acceptors (Lipinski definition) is 2. The van der Waals surface area contributed by atoms with Gasteiger partial charge in [-0.3, -0.25) is 0 Å². The van der Waals surface area contributed by atoms with E-state index in [2.05, 4.69) is 126 Å². The molecule has 1 aliphatic heterocycles. The summed E-state index contributed by atoms with van der Waals surface area (Å²) < 4.78 is 2.47. The molecule has 0 amide bonds. The molecule has 3 heteroatoms. The Hall–Kier alpha value is -6.58. The summed E-state index contributed by atoms with van der Waals surface area (Å²) in [6.45, 7) is 0. The number of fused-ring (bicyclic) bond motifs is 12. The third kappa shape index (κ3) is 3.80. The Kier molecular flexibility index (Phi) is 6.09. The first-order chi connectivity index (χ1) is 24.7. The molecule has 1 aromatic heterocycles. The number of hydrogen-bond donors (Lipinski definition) is 2. The molecule has 0 bridgehead atoms. The molecule has 7 aromatic carbocycles. The van der Waals surface area contributed by atoms with Crippen LogP contribution >= 0.6 is 0 Å². The molecule has 234 valence electrons. The van der Waals surface area contributed by atoms with E-state index in [9.17, 15) is 0 Å². The average Bonchev–Trinajstić information content (AvgIpc) is 3.67. The number of aromatic nitrogens is 1. The predicted molar refractivity (Wildman–Crippen MR) is 206 cm³/mol. The van der Waals surface area contributed by atoms with E-state index < -0.39 is 5.41 Å². The van der Waals surface area contributed by atoms with Crippen LogP contribution in [0.2, 0.25) is 0 Å². The van der Waals surface area contributed by atoms with Crippen molar-refractivity contribution in [1.29, 1.82) is 10.8 Å². The van der Waals surface area contributed by atoms with Gasteiger partial charge < -0.3 is 15.4 Å². The van der Waals surface area contributed by atoms with Crippen molar-refractivity contribution in [3.05, 3.63) is 209 Å². The van der Waals surface area contributed by atoms with Crippen LogP contribution in [-0.2, 0) is 5.41 Å². The number of rotatable bonds is 5. The molecule has 10 rings (SSSR count). The zero-order chi connectivity index (χ0) is 33.4. The Labute approximate surface area is 290 Å². The lowest BCUT2D eigenvalue weighted by atomic mass is 9.65. The van der Waals surface area contributed by atoms with Gasteiger partial charge in [0.15, 0.2) is 0 Å². The molecule has 1 unspecified atom stereocenters. The standard InChI is InChI=1S/C47H31N3/c48-42(30-13-2-1-3-14-30)27-28-43(49)35-17-5-4-15-32(35)31-25-26-34-33-16-6-8-20-38(33)47(41(34)29-31)39-21-9-11-24-45(39)50-44-23-10-7-18-36(44)37-19-12-22-40(47)46(37)50/h1-29,48-49H/b28-27-,48-42?,49-43?. The Bertz CT molecular complexity index is 2750. The molecule has 1 aliphatic carbocycles. The molecular formula is C47H31N3. The van der Waals surface area contributed by atoms with Crippen molar-refractivity contribution in [3.63, 3.8) is 0 Å². The number of nitrogens with one attached hydrogen (secondary N) is 2. The highest BCUT2D eigenvalue weighted by molar-refractivity contribution is 6.16. The normalized spacial score (nSPS) is 15.4. The maximum atomic E-state index is 9.14. The fraction of sp³-hybridized carbons (Fsp3) is 0.0213. The second-order valence-electron chi connectivity index (χ2n) is 13.2. The maximum Gasteiger partial charge on any atom is 0.0754 e. The number of para-hydroxylation sites is 3. The van der Waals surface area contributed by atoms with Gasteiger partial charge >= 0.3 is 0 Å². The molecule has 1 spiro atoms. The van der Waals surface area contributed by atoms with Gasteiger partial charge in [-0.15, -0.1) is 0 Å². The van der Waals surface area contributed by atoms with Crippen LogP contribution in [0, 0.1) is 10.8 Å². The first-order valence-corrected chi connectivity index (χ1v) is 17.0. The molecule has 2 aliphatic rings. The lowest BCUT2D eigenvalue weighted by Crippen LogP contribution is -2.33. The van der Waals surface area contributed by atoms with Crippen molar-refractivity contribution in [2.24, 2.45) is 0 Å². The van der Waals surface area contributed by atoms with Crippen LogP contribution in [0.5, 0.6) is 0 Å². The molecule has 50 heavy (non-hydrogen) atoms. The number of nitrogens with zero attached hydrogens (tertiary/aromatic N) is 1. The quantitative estimate of drug-likeness (QED) is 0.177. The van der Waals surface area contributed by atoms with Gasteiger partial charge in [-0.25, -0.2) is 0 Å². The van der Waals surface area contributed by atoms with Crippen LogP contribution in [0.4, 0.5) is 0 Å². The van der Waals surface area contributed by atoms with Gasteiger partial charge in [0, 0.05) is 16.3 Å². The third-order valence-electron chi connectivity index (χ3n) is 10.7. The molecule has 2 N–H and O–H groups in total. The minimum Gasteiger partial charge on any atom is -0.309 e. The summed E-state index contributed by atoms with van der Waals surface area (Å²) in [5.74, 6) is 0.